The Balaban J connectivity index is 2.02. The molecule has 5 nitrogen and oxygen atoms in total. The summed E-state index contributed by atoms with van der Waals surface area (Å²) in [5, 5.41) is 2.64. The van der Waals surface area contributed by atoms with Crippen LogP contribution >= 0.6 is 0 Å². The monoisotopic (exact) mass is 386 g/mol. The van der Waals surface area contributed by atoms with E-state index in [2.05, 4.69) is 5.32 Å². The van der Waals surface area contributed by atoms with Gasteiger partial charge in [0.05, 0.1) is 5.56 Å². The zero-order valence-electron chi connectivity index (χ0n) is 15.7. The summed E-state index contributed by atoms with van der Waals surface area (Å²) in [5.74, 6) is -0.391. The van der Waals surface area contributed by atoms with Gasteiger partial charge in [-0.15, -0.1) is 0 Å². The van der Waals surface area contributed by atoms with Crippen molar-refractivity contribution < 1.29 is 27.5 Å². The first-order chi connectivity index (χ1) is 12.5. The highest BCUT2D eigenvalue weighted by atomic mass is 19.4. The van der Waals surface area contributed by atoms with Gasteiger partial charge in [0.1, 0.15) is 11.6 Å². The van der Waals surface area contributed by atoms with Crippen LogP contribution in [0.15, 0.2) is 24.3 Å². The molecule has 1 fully saturated rings. The SMILES string of the molecule is CC(C)(C)OC(=O)N1CCCC[C@H]1C(=O)NCc1cccc(C(F)(F)F)c1. The molecule has 1 aromatic carbocycles. The number of amides is 2. The number of likely N-dealkylation sites (tertiary alicyclic amines) is 1. The molecule has 8 heteroatoms. The molecular weight excluding hydrogens is 361 g/mol. The number of carbonyl (C=O) groups excluding carboxylic acids is 2. The quantitative estimate of drug-likeness (QED) is 0.851. The molecule has 1 aromatic rings. The molecule has 1 heterocycles. The summed E-state index contributed by atoms with van der Waals surface area (Å²) in [4.78, 5) is 26.3. The van der Waals surface area contributed by atoms with Crippen molar-refractivity contribution in [1.82, 2.24) is 10.2 Å². The van der Waals surface area contributed by atoms with Crippen LogP contribution in [-0.2, 0) is 22.3 Å². The highest BCUT2D eigenvalue weighted by Gasteiger charge is 2.35. The highest BCUT2D eigenvalue weighted by Crippen LogP contribution is 2.29. The molecule has 150 valence electrons. The first kappa shape index (κ1) is 21.1. The number of piperidine rings is 1. The molecule has 2 rings (SSSR count). The fraction of sp³-hybridized carbons (Fsp3) is 0.579. The Morgan fingerprint density at radius 3 is 2.56 bits per heavy atom. The second-order valence-corrected chi connectivity index (χ2v) is 7.60. The number of alkyl halides is 3. The van der Waals surface area contributed by atoms with Gasteiger partial charge in [-0.05, 0) is 57.7 Å². The van der Waals surface area contributed by atoms with Crippen LogP contribution < -0.4 is 5.32 Å². The molecule has 0 aromatic heterocycles. The van der Waals surface area contributed by atoms with Crippen molar-refractivity contribution >= 4 is 12.0 Å². The van der Waals surface area contributed by atoms with Gasteiger partial charge in [0.2, 0.25) is 5.91 Å². The average Bonchev–Trinajstić information content (AvgIpc) is 2.57. The normalized spacial score (nSPS) is 18.1. The second-order valence-electron chi connectivity index (χ2n) is 7.60. The minimum Gasteiger partial charge on any atom is -0.444 e. The molecule has 2 amide bonds. The summed E-state index contributed by atoms with van der Waals surface area (Å²) in [6, 6.07) is 4.13. The Hall–Kier alpha value is -2.25. The molecule has 0 spiro atoms. The second kappa shape index (κ2) is 8.19. The van der Waals surface area contributed by atoms with Crippen molar-refractivity contribution in [3.63, 3.8) is 0 Å². The molecule has 0 bridgehead atoms. The number of nitrogens with one attached hydrogen (secondary N) is 1. The van der Waals surface area contributed by atoms with Gasteiger partial charge >= 0.3 is 12.3 Å². The van der Waals surface area contributed by atoms with Gasteiger partial charge < -0.3 is 10.1 Å². The van der Waals surface area contributed by atoms with Crippen molar-refractivity contribution in [1.29, 1.82) is 0 Å². The van der Waals surface area contributed by atoms with Gasteiger partial charge in [-0.1, -0.05) is 12.1 Å². The van der Waals surface area contributed by atoms with Crippen LogP contribution in [0.3, 0.4) is 0 Å². The number of carbonyl (C=O) groups is 2. The van der Waals surface area contributed by atoms with Crippen LogP contribution in [0.1, 0.15) is 51.2 Å². The summed E-state index contributed by atoms with van der Waals surface area (Å²) < 4.78 is 43.7. The summed E-state index contributed by atoms with van der Waals surface area (Å²) in [6.45, 7) is 5.62. The van der Waals surface area contributed by atoms with E-state index in [0.29, 0.717) is 18.5 Å². The zero-order valence-corrected chi connectivity index (χ0v) is 15.7. The fourth-order valence-electron chi connectivity index (χ4n) is 2.91. The minimum absolute atomic E-state index is 0.0403. The van der Waals surface area contributed by atoms with Gasteiger partial charge in [0.25, 0.3) is 0 Å². The molecule has 1 aliphatic rings. The average molecular weight is 386 g/mol. The van der Waals surface area contributed by atoms with E-state index < -0.39 is 35.4 Å². The smallest absolute Gasteiger partial charge is 0.416 e. The first-order valence-electron chi connectivity index (χ1n) is 8.91. The zero-order chi connectivity index (χ0) is 20.2. The maximum Gasteiger partial charge on any atom is 0.416 e. The van der Waals surface area contributed by atoms with Crippen LogP contribution in [-0.4, -0.2) is 35.1 Å². The van der Waals surface area contributed by atoms with E-state index in [4.69, 9.17) is 4.74 Å². The number of hydrogen-bond donors (Lipinski definition) is 1. The Morgan fingerprint density at radius 2 is 1.93 bits per heavy atom. The Labute approximate surface area is 156 Å². The summed E-state index contributed by atoms with van der Waals surface area (Å²) in [7, 11) is 0. The number of hydrogen-bond acceptors (Lipinski definition) is 3. The van der Waals surface area contributed by atoms with Crippen LogP contribution in [0.5, 0.6) is 0 Å². The maximum atomic E-state index is 12.8. The Kier molecular flexibility index (Phi) is 6.38. The van der Waals surface area contributed by atoms with E-state index in [-0.39, 0.29) is 6.54 Å². The van der Waals surface area contributed by atoms with E-state index in [9.17, 15) is 22.8 Å². The lowest BCUT2D eigenvalue weighted by Gasteiger charge is -2.35. The number of ether oxygens (including phenoxy) is 1. The minimum atomic E-state index is -4.43. The summed E-state index contributed by atoms with van der Waals surface area (Å²) in [6.07, 6.45) is -2.93. The lowest BCUT2D eigenvalue weighted by Crippen LogP contribution is -2.52. The van der Waals surface area contributed by atoms with E-state index in [1.807, 2.05) is 0 Å². The van der Waals surface area contributed by atoms with Gasteiger partial charge in [-0.2, -0.15) is 13.2 Å². The molecule has 1 N–H and O–H groups in total. The van der Waals surface area contributed by atoms with Gasteiger partial charge in [0, 0.05) is 13.1 Å². The van der Waals surface area contributed by atoms with E-state index in [0.717, 1.165) is 25.0 Å². The lowest BCUT2D eigenvalue weighted by molar-refractivity contribution is -0.137. The molecule has 0 unspecified atom stereocenters. The number of rotatable bonds is 3. The van der Waals surface area contributed by atoms with Gasteiger partial charge in [-0.3, -0.25) is 9.69 Å². The maximum absolute atomic E-state index is 12.8. The van der Waals surface area contributed by atoms with Gasteiger partial charge in [0.15, 0.2) is 0 Å². The standard InChI is InChI=1S/C19H25F3N2O3/c1-18(2,3)27-17(26)24-10-5-4-9-15(24)16(25)23-12-13-7-6-8-14(11-13)19(20,21)22/h6-8,11,15H,4-5,9-10,12H2,1-3H3,(H,23,25)/t15-/m0/s1. The van der Waals surface area contributed by atoms with E-state index >= 15 is 0 Å². The molecule has 1 atom stereocenters. The summed E-state index contributed by atoms with van der Waals surface area (Å²) >= 11 is 0. The van der Waals surface area contributed by atoms with Gasteiger partial charge in [-0.25, -0.2) is 4.79 Å². The number of benzene rings is 1. The number of nitrogens with zero attached hydrogens (tertiary/aromatic N) is 1. The Morgan fingerprint density at radius 1 is 1.22 bits per heavy atom. The third-order valence-corrected chi connectivity index (χ3v) is 4.15. The molecule has 0 aliphatic carbocycles. The largest absolute Gasteiger partial charge is 0.444 e. The fourth-order valence-corrected chi connectivity index (χ4v) is 2.91. The van der Waals surface area contributed by atoms with E-state index in [1.165, 1.54) is 17.0 Å². The molecule has 27 heavy (non-hydrogen) atoms. The topological polar surface area (TPSA) is 58.6 Å². The lowest BCUT2D eigenvalue weighted by atomic mass is 10.0. The summed E-state index contributed by atoms with van der Waals surface area (Å²) in [5.41, 5.74) is -1.09. The predicted molar refractivity (Wildman–Crippen MR) is 93.9 cm³/mol. The predicted octanol–water partition coefficient (Wildman–Crippen LogP) is 4.11. The van der Waals surface area contributed by atoms with Crippen LogP contribution in [0.2, 0.25) is 0 Å². The van der Waals surface area contributed by atoms with Crippen molar-refractivity contribution in [2.24, 2.45) is 0 Å². The molecule has 0 radical (unpaired) electrons. The van der Waals surface area contributed by atoms with Crippen LogP contribution in [0.4, 0.5) is 18.0 Å². The van der Waals surface area contributed by atoms with Crippen molar-refractivity contribution in [2.75, 3.05) is 6.54 Å². The molecular formula is C19H25F3N2O3. The number of halogens is 3. The van der Waals surface area contributed by atoms with Crippen molar-refractivity contribution in [3.05, 3.63) is 35.4 Å². The highest BCUT2D eigenvalue weighted by molar-refractivity contribution is 5.85. The third-order valence-electron chi connectivity index (χ3n) is 4.15. The van der Waals surface area contributed by atoms with Crippen molar-refractivity contribution in [3.8, 4) is 0 Å². The molecule has 1 saturated heterocycles. The van der Waals surface area contributed by atoms with E-state index in [1.54, 1.807) is 20.8 Å². The molecule has 1 aliphatic heterocycles. The first-order valence-corrected chi connectivity index (χ1v) is 8.91. The van der Waals surface area contributed by atoms with Crippen LogP contribution in [0, 0.1) is 0 Å². The van der Waals surface area contributed by atoms with Crippen LogP contribution in [0.25, 0.3) is 0 Å². The molecule has 0 saturated carbocycles. The third kappa shape index (κ3) is 6.15. The Bertz CT molecular complexity index is 684. The van der Waals surface area contributed by atoms with Crippen molar-refractivity contribution in [2.45, 2.75) is 64.4 Å².